The van der Waals surface area contributed by atoms with Crippen molar-refractivity contribution in [3.63, 3.8) is 0 Å². The van der Waals surface area contributed by atoms with Gasteiger partial charge in [-0.1, -0.05) is 12.5 Å². The maximum absolute atomic E-state index is 13.4. The maximum Gasteiger partial charge on any atom is 0.416 e. The van der Waals surface area contributed by atoms with Crippen LogP contribution in [0, 0.1) is 11.7 Å². The smallest absolute Gasteiger partial charge is 0.416 e. The summed E-state index contributed by atoms with van der Waals surface area (Å²) in [6.07, 6.45) is -16.5. The number of benzene rings is 2. The Kier molecular flexibility index (Phi) is 9.04. The van der Waals surface area contributed by atoms with E-state index in [2.05, 4.69) is 4.74 Å². The van der Waals surface area contributed by atoms with Crippen LogP contribution in [-0.4, -0.2) is 49.1 Å². The van der Waals surface area contributed by atoms with Crippen molar-refractivity contribution < 1.29 is 49.7 Å². The molecule has 1 aliphatic carbocycles. The van der Waals surface area contributed by atoms with Gasteiger partial charge < -0.3 is 19.5 Å². The number of halogens is 8. The minimum absolute atomic E-state index is 0.0628. The van der Waals surface area contributed by atoms with Gasteiger partial charge in [-0.05, 0) is 61.6 Å². The molecule has 3 atom stereocenters. The summed E-state index contributed by atoms with van der Waals surface area (Å²) in [6.45, 7) is -0.925. The first kappa shape index (κ1) is 28.0. The van der Waals surface area contributed by atoms with Crippen LogP contribution in [0.1, 0.15) is 25.7 Å². The fourth-order valence-electron chi connectivity index (χ4n) is 4.08. The maximum atomic E-state index is 13.4. The molecule has 36 heavy (non-hydrogen) atoms. The van der Waals surface area contributed by atoms with Crippen LogP contribution >= 0.6 is 0 Å². The molecule has 1 N–H and O–H groups in total. The van der Waals surface area contributed by atoms with Gasteiger partial charge in [-0.15, -0.1) is 0 Å². The zero-order chi connectivity index (χ0) is 26.5. The van der Waals surface area contributed by atoms with Crippen LogP contribution in [-0.2, 0) is 4.74 Å². The molecule has 0 amide bonds. The fourth-order valence-corrected chi connectivity index (χ4v) is 4.08. The molecule has 3 unspecified atom stereocenters. The molecular formula is C24H25F8NO3. The zero-order valence-electron chi connectivity index (χ0n) is 18.9. The van der Waals surface area contributed by atoms with Crippen LogP contribution in [0.25, 0.3) is 0 Å². The van der Waals surface area contributed by atoms with Gasteiger partial charge in [0.2, 0.25) is 0 Å². The summed E-state index contributed by atoms with van der Waals surface area (Å²) in [5.41, 5.74) is 0.249. The van der Waals surface area contributed by atoms with Crippen LogP contribution in [0.5, 0.6) is 11.5 Å². The lowest BCUT2D eigenvalue weighted by molar-refractivity contribution is -0.322. The van der Waals surface area contributed by atoms with E-state index in [-0.39, 0.29) is 36.6 Å². The summed E-state index contributed by atoms with van der Waals surface area (Å²) in [5.74, 6) is -0.432. The van der Waals surface area contributed by atoms with Crippen LogP contribution < -0.4 is 9.64 Å². The van der Waals surface area contributed by atoms with Crippen LogP contribution in [0.3, 0.4) is 0 Å². The Bertz CT molecular complexity index is 971. The monoisotopic (exact) mass is 527 g/mol. The number of hydrogen-bond acceptors (Lipinski definition) is 4. The quantitative estimate of drug-likeness (QED) is 0.346. The molecule has 4 nitrogen and oxygen atoms in total. The average Bonchev–Trinajstić information content (AvgIpc) is 2.79. The molecule has 0 spiro atoms. The van der Waals surface area contributed by atoms with E-state index >= 15 is 0 Å². The standard InChI is InChI=1S/C24H25F8NO3/c25-16-7-9-18(10-8-16)35-19-5-2-4-17(12-19)33(14-21(34)23(28,29)30)13-15-3-1-6-20(11-15)36-24(31,32)22(26)27/h2,4-5,7-10,12,15,20-22,34H,1,3,6,11,13-14H2. The summed E-state index contributed by atoms with van der Waals surface area (Å²) in [5, 5.41) is 9.70. The number of aliphatic hydroxyl groups is 1. The van der Waals surface area contributed by atoms with E-state index in [0.29, 0.717) is 12.8 Å². The van der Waals surface area contributed by atoms with Gasteiger partial charge in [0.05, 0.1) is 12.6 Å². The predicted octanol–water partition coefficient (Wildman–Crippen LogP) is 6.78. The molecule has 200 valence electrons. The summed E-state index contributed by atoms with van der Waals surface area (Å²) >= 11 is 0. The third-order valence-corrected chi connectivity index (χ3v) is 5.79. The second-order valence-electron chi connectivity index (χ2n) is 8.65. The van der Waals surface area contributed by atoms with Gasteiger partial charge in [-0.25, -0.2) is 13.2 Å². The molecule has 0 bridgehead atoms. The largest absolute Gasteiger partial charge is 0.457 e. The van der Waals surface area contributed by atoms with Crippen molar-refractivity contribution in [2.45, 2.75) is 56.6 Å². The second kappa shape index (κ2) is 11.6. The van der Waals surface area contributed by atoms with Gasteiger partial charge in [-0.3, -0.25) is 0 Å². The molecule has 2 aromatic rings. The molecule has 1 aliphatic rings. The van der Waals surface area contributed by atoms with Crippen LogP contribution in [0.4, 0.5) is 40.8 Å². The van der Waals surface area contributed by atoms with Gasteiger partial charge in [0.1, 0.15) is 17.3 Å². The minimum Gasteiger partial charge on any atom is -0.457 e. The van der Waals surface area contributed by atoms with Gasteiger partial charge in [-0.2, -0.15) is 22.0 Å². The molecule has 3 rings (SSSR count). The Morgan fingerprint density at radius 3 is 2.31 bits per heavy atom. The number of nitrogens with zero attached hydrogens (tertiary/aromatic N) is 1. The molecule has 1 fully saturated rings. The van der Waals surface area contributed by atoms with E-state index in [4.69, 9.17) is 4.74 Å². The Morgan fingerprint density at radius 1 is 0.972 bits per heavy atom. The first-order chi connectivity index (χ1) is 16.8. The number of alkyl halides is 7. The summed E-state index contributed by atoms with van der Waals surface area (Å²) < 4.78 is 114. The van der Waals surface area contributed by atoms with Crippen LogP contribution in [0.15, 0.2) is 48.5 Å². The van der Waals surface area contributed by atoms with Gasteiger partial charge in [0.25, 0.3) is 0 Å². The first-order valence-electron chi connectivity index (χ1n) is 11.2. The van der Waals surface area contributed by atoms with Crippen molar-refractivity contribution in [1.82, 2.24) is 0 Å². The highest BCUT2D eigenvalue weighted by Crippen LogP contribution is 2.35. The molecule has 0 saturated heterocycles. The molecule has 12 heteroatoms. The number of anilines is 1. The van der Waals surface area contributed by atoms with Crippen molar-refractivity contribution in [2.75, 3.05) is 18.0 Å². The van der Waals surface area contributed by atoms with E-state index < -0.39 is 49.2 Å². The van der Waals surface area contributed by atoms with Crippen molar-refractivity contribution in [3.8, 4) is 11.5 Å². The molecule has 1 saturated carbocycles. The van der Waals surface area contributed by atoms with E-state index in [1.807, 2.05) is 0 Å². The molecular weight excluding hydrogens is 502 g/mol. The Balaban J connectivity index is 1.77. The summed E-state index contributed by atoms with van der Waals surface area (Å²) in [6, 6.07) is 11.0. The van der Waals surface area contributed by atoms with Crippen LogP contribution in [0.2, 0.25) is 0 Å². The third-order valence-electron chi connectivity index (χ3n) is 5.79. The Hall–Kier alpha value is -2.60. The normalized spacial score (nSPS) is 19.8. The minimum atomic E-state index is -4.90. The Labute approximate surface area is 202 Å². The first-order valence-corrected chi connectivity index (χ1v) is 11.2. The highest BCUT2D eigenvalue weighted by molar-refractivity contribution is 5.52. The van der Waals surface area contributed by atoms with Crippen molar-refractivity contribution >= 4 is 5.69 Å². The van der Waals surface area contributed by atoms with E-state index in [9.17, 15) is 40.2 Å². The third kappa shape index (κ3) is 7.95. The molecule has 0 aliphatic heterocycles. The second-order valence-corrected chi connectivity index (χ2v) is 8.65. The number of ether oxygens (including phenoxy) is 2. The van der Waals surface area contributed by atoms with E-state index in [0.717, 1.165) is 0 Å². The van der Waals surface area contributed by atoms with E-state index in [1.165, 1.54) is 53.4 Å². The SMILES string of the molecule is OC(CN(CC1CCCC(OC(F)(F)C(F)F)C1)c1cccc(Oc2ccc(F)cc2)c1)C(F)(F)F. The van der Waals surface area contributed by atoms with E-state index in [1.54, 1.807) is 0 Å². The fraction of sp³-hybridized carbons (Fsp3) is 0.500. The Morgan fingerprint density at radius 2 is 1.67 bits per heavy atom. The highest BCUT2D eigenvalue weighted by Gasteiger charge is 2.45. The summed E-state index contributed by atoms with van der Waals surface area (Å²) in [7, 11) is 0. The number of rotatable bonds is 10. The molecule has 0 radical (unpaired) electrons. The van der Waals surface area contributed by atoms with Crippen molar-refractivity contribution in [1.29, 1.82) is 0 Å². The van der Waals surface area contributed by atoms with Gasteiger partial charge >= 0.3 is 18.7 Å². The summed E-state index contributed by atoms with van der Waals surface area (Å²) in [4.78, 5) is 1.24. The highest BCUT2D eigenvalue weighted by atomic mass is 19.4. The molecule has 2 aromatic carbocycles. The van der Waals surface area contributed by atoms with Gasteiger partial charge in [0, 0.05) is 18.3 Å². The van der Waals surface area contributed by atoms with Crippen molar-refractivity contribution in [2.24, 2.45) is 5.92 Å². The molecule has 0 heterocycles. The zero-order valence-corrected chi connectivity index (χ0v) is 18.9. The number of hydrogen-bond donors (Lipinski definition) is 1. The lowest BCUT2D eigenvalue weighted by Crippen LogP contribution is -2.44. The predicted molar refractivity (Wildman–Crippen MR) is 115 cm³/mol. The lowest BCUT2D eigenvalue weighted by Gasteiger charge is -2.36. The lowest BCUT2D eigenvalue weighted by atomic mass is 9.86. The van der Waals surface area contributed by atoms with Crippen molar-refractivity contribution in [3.05, 3.63) is 54.3 Å². The topological polar surface area (TPSA) is 41.9 Å². The van der Waals surface area contributed by atoms with Gasteiger partial charge in [0.15, 0.2) is 6.10 Å². The molecule has 0 aromatic heterocycles. The average molecular weight is 527 g/mol. The number of aliphatic hydroxyl groups excluding tert-OH is 1.